The molecule has 0 bridgehead atoms. The van der Waals surface area contributed by atoms with Crippen molar-refractivity contribution < 1.29 is 19.2 Å². The van der Waals surface area contributed by atoms with Crippen molar-refractivity contribution in [2.24, 2.45) is 0 Å². The number of nitro groups is 1. The Bertz CT molecular complexity index is 836. The van der Waals surface area contributed by atoms with Gasteiger partial charge >= 0.3 is 0 Å². The lowest BCUT2D eigenvalue weighted by molar-refractivity contribution is -0.383. The summed E-state index contributed by atoms with van der Waals surface area (Å²) < 4.78 is 10.3. The van der Waals surface area contributed by atoms with E-state index in [0.717, 1.165) is 0 Å². The van der Waals surface area contributed by atoms with Crippen molar-refractivity contribution in [1.29, 1.82) is 0 Å². The summed E-state index contributed by atoms with van der Waals surface area (Å²) >= 11 is 5.75. The van der Waals surface area contributed by atoms with Crippen molar-refractivity contribution in [3.8, 4) is 11.5 Å². The number of hydrogen-bond donors (Lipinski definition) is 1. The first-order chi connectivity index (χ1) is 12.0. The predicted octanol–water partition coefficient (Wildman–Crippen LogP) is 4.07. The van der Waals surface area contributed by atoms with E-state index in [9.17, 15) is 14.9 Å². The van der Waals surface area contributed by atoms with Crippen LogP contribution in [0.2, 0.25) is 5.02 Å². The van der Waals surface area contributed by atoms with Crippen LogP contribution in [0, 0.1) is 10.1 Å². The summed E-state index contributed by atoms with van der Waals surface area (Å²) in [4.78, 5) is 22.7. The molecule has 0 atom stereocenters. The molecule has 0 heterocycles. The zero-order chi connectivity index (χ0) is 18.4. The number of methoxy groups -OCH3 is 2. The fourth-order valence-electron chi connectivity index (χ4n) is 2.07. The molecule has 1 N–H and O–H groups in total. The van der Waals surface area contributed by atoms with Gasteiger partial charge in [0.15, 0.2) is 17.3 Å². The van der Waals surface area contributed by atoms with Gasteiger partial charge in [0, 0.05) is 28.9 Å². The van der Waals surface area contributed by atoms with Gasteiger partial charge in [0.25, 0.3) is 5.69 Å². The van der Waals surface area contributed by atoms with Gasteiger partial charge < -0.3 is 14.8 Å². The van der Waals surface area contributed by atoms with Crippen LogP contribution >= 0.6 is 11.6 Å². The fourth-order valence-corrected chi connectivity index (χ4v) is 2.24. The molecule has 0 radical (unpaired) electrons. The maximum Gasteiger partial charge on any atom is 0.294 e. The number of allylic oxidation sites excluding steroid dienone is 1. The van der Waals surface area contributed by atoms with Crippen LogP contribution in [0.4, 0.5) is 11.4 Å². The molecule has 7 nitrogen and oxygen atoms in total. The largest absolute Gasteiger partial charge is 0.493 e. The van der Waals surface area contributed by atoms with Gasteiger partial charge in [-0.2, -0.15) is 0 Å². The minimum atomic E-state index is -0.557. The lowest BCUT2D eigenvalue weighted by Gasteiger charge is -2.08. The van der Waals surface area contributed by atoms with Gasteiger partial charge in [0.05, 0.1) is 19.1 Å². The molecule has 0 fully saturated rings. The zero-order valence-corrected chi connectivity index (χ0v) is 14.2. The molecule has 0 amide bonds. The van der Waals surface area contributed by atoms with Gasteiger partial charge in [-0.1, -0.05) is 11.6 Å². The number of ketones is 1. The number of anilines is 1. The van der Waals surface area contributed by atoms with Crippen LogP contribution in [0.3, 0.4) is 0 Å². The smallest absolute Gasteiger partial charge is 0.294 e. The standard InChI is InChI=1S/C17H15ClN2O5/c1-24-16-6-3-11(9-17(16)25-2)15(21)7-8-19-13-5-4-12(18)10-14(13)20(22)23/h3-10,19H,1-2H3. The maximum atomic E-state index is 12.2. The van der Waals surface area contributed by atoms with Crippen LogP contribution in [-0.4, -0.2) is 24.9 Å². The van der Waals surface area contributed by atoms with Gasteiger partial charge in [0.1, 0.15) is 5.69 Å². The molecule has 0 aliphatic carbocycles. The van der Waals surface area contributed by atoms with Crippen LogP contribution < -0.4 is 14.8 Å². The predicted molar refractivity (Wildman–Crippen MR) is 94.7 cm³/mol. The number of rotatable bonds is 7. The molecule has 2 aromatic rings. The number of nitrogens with one attached hydrogen (secondary N) is 1. The van der Waals surface area contributed by atoms with Gasteiger partial charge in [0.2, 0.25) is 0 Å². The number of carbonyl (C=O) groups is 1. The number of carbonyl (C=O) groups excluding carboxylic acids is 1. The van der Waals surface area contributed by atoms with E-state index in [2.05, 4.69) is 5.32 Å². The Kier molecular flexibility index (Phi) is 5.97. The van der Waals surface area contributed by atoms with Crippen LogP contribution in [0.5, 0.6) is 11.5 Å². The first kappa shape index (κ1) is 18.3. The summed E-state index contributed by atoms with van der Waals surface area (Å²) in [5, 5.41) is 14.0. The topological polar surface area (TPSA) is 90.7 Å². The van der Waals surface area contributed by atoms with Crippen molar-refractivity contribution in [2.45, 2.75) is 0 Å². The molecule has 0 unspecified atom stereocenters. The van der Waals surface area contributed by atoms with E-state index in [0.29, 0.717) is 17.1 Å². The van der Waals surface area contributed by atoms with E-state index in [1.54, 1.807) is 18.2 Å². The van der Waals surface area contributed by atoms with Gasteiger partial charge in [-0.05, 0) is 30.3 Å². The second kappa shape index (κ2) is 8.16. The molecular formula is C17H15ClN2O5. The van der Waals surface area contributed by atoms with Crippen molar-refractivity contribution in [1.82, 2.24) is 0 Å². The maximum absolute atomic E-state index is 12.2. The average molecular weight is 363 g/mol. The molecule has 0 aliphatic rings. The highest BCUT2D eigenvalue weighted by Crippen LogP contribution is 2.29. The quantitative estimate of drug-likeness (QED) is 0.345. The van der Waals surface area contributed by atoms with Gasteiger partial charge in [-0.3, -0.25) is 14.9 Å². The minimum Gasteiger partial charge on any atom is -0.493 e. The van der Waals surface area contributed by atoms with Crippen molar-refractivity contribution in [3.05, 3.63) is 69.4 Å². The molecule has 0 saturated heterocycles. The number of halogens is 1. The Balaban J connectivity index is 2.15. The summed E-state index contributed by atoms with van der Waals surface area (Å²) in [7, 11) is 2.98. The number of ether oxygens (including phenoxy) is 2. The summed E-state index contributed by atoms with van der Waals surface area (Å²) in [6.07, 6.45) is 2.59. The normalized spacial score (nSPS) is 10.5. The first-order valence-corrected chi connectivity index (χ1v) is 7.47. The third kappa shape index (κ3) is 4.48. The SMILES string of the molecule is COc1ccc(C(=O)C=CNc2ccc(Cl)cc2[N+](=O)[O-])cc1OC. The van der Waals surface area contributed by atoms with E-state index in [-0.39, 0.29) is 22.2 Å². The van der Waals surface area contributed by atoms with Gasteiger partial charge in [-0.25, -0.2) is 0 Å². The third-order valence-corrected chi connectivity index (χ3v) is 3.53. The lowest BCUT2D eigenvalue weighted by atomic mass is 10.1. The molecule has 130 valence electrons. The molecule has 2 rings (SSSR count). The average Bonchev–Trinajstić information content (AvgIpc) is 2.61. The Morgan fingerprint density at radius 2 is 1.88 bits per heavy atom. The number of nitrogens with zero attached hydrogens (tertiary/aromatic N) is 1. The highest BCUT2D eigenvalue weighted by Gasteiger charge is 2.13. The molecule has 0 aromatic heterocycles. The summed E-state index contributed by atoms with van der Waals surface area (Å²) in [6.45, 7) is 0. The second-order valence-electron chi connectivity index (χ2n) is 4.83. The Morgan fingerprint density at radius 1 is 1.16 bits per heavy atom. The summed E-state index contributed by atoms with van der Waals surface area (Å²) in [6, 6.07) is 8.98. The molecule has 0 aliphatic heterocycles. The molecule has 0 spiro atoms. The lowest BCUT2D eigenvalue weighted by Crippen LogP contribution is -2.00. The minimum absolute atomic E-state index is 0.185. The summed E-state index contributed by atoms with van der Waals surface area (Å²) in [5.74, 6) is 0.645. The van der Waals surface area contributed by atoms with Crippen LogP contribution in [0.15, 0.2) is 48.7 Å². The van der Waals surface area contributed by atoms with Crippen molar-refractivity contribution in [2.75, 3.05) is 19.5 Å². The highest BCUT2D eigenvalue weighted by atomic mass is 35.5. The fraction of sp³-hybridized carbons (Fsp3) is 0.118. The van der Waals surface area contributed by atoms with Crippen molar-refractivity contribution in [3.63, 3.8) is 0 Å². The Hall–Kier alpha value is -3.06. The molecule has 25 heavy (non-hydrogen) atoms. The van der Waals surface area contributed by atoms with E-state index < -0.39 is 4.92 Å². The zero-order valence-electron chi connectivity index (χ0n) is 13.5. The van der Waals surface area contributed by atoms with Gasteiger partial charge in [-0.15, -0.1) is 0 Å². The molecular weight excluding hydrogens is 348 g/mol. The summed E-state index contributed by atoms with van der Waals surface area (Å²) in [5.41, 5.74) is 0.433. The van der Waals surface area contributed by atoms with E-state index in [1.165, 1.54) is 44.7 Å². The van der Waals surface area contributed by atoms with E-state index >= 15 is 0 Å². The number of hydrogen-bond acceptors (Lipinski definition) is 6. The van der Waals surface area contributed by atoms with Crippen LogP contribution in [-0.2, 0) is 0 Å². The molecule has 8 heteroatoms. The van der Waals surface area contributed by atoms with E-state index in [1.807, 2.05) is 0 Å². The molecule has 0 saturated carbocycles. The third-order valence-electron chi connectivity index (χ3n) is 3.30. The second-order valence-corrected chi connectivity index (χ2v) is 5.27. The first-order valence-electron chi connectivity index (χ1n) is 7.09. The monoisotopic (exact) mass is 362 g/mol. The highest BCUT2D eigenvalue weighted by molar-refractivity contribution is 6.30. The Labute approximate surface area is 149 Å². The van der Waals surface area contributed by atoms with E-state index in [4.69, 9.17) is 21.1 Å². The molecule has 2 aromatic carbocycles. The number of benzene rings is 2. The number of nitro benzene ring substituents is 1. The van der Waals surface area contributed by atoms with Crippen LogP contribution in [0.25, 0.3) is 0 Å². The van der Waals surface area contributed by atoms with Crippen LogP contribution in [0.1, 0.15) is 10.4 Å². The Morgan fingerprint density at radius 3 is 2.52 bits per heavy atom. The van der Waals surface area contributed by atoms with Crippen molar-refractivity contribution >= 4 is 28.8 Å².